The SMILES string of the molecule is NC(=O)c1ccc(NCC2CCC2)c(N)c1. The van der Waals surface area contributed by atoms with Crippen molar-refractivity contribution in [1.29, 1.82) is 0 Å². The van der Waals surface area contributed by atoms with Crippen molar-refractivity contribution in [2.24, 2.45) is 11.7 Å². The summed E-state index contributed by atoms with van der Waals surface area (Å²) in [5.74, 6) is 0.326. The maximum Gasteiger partial charge on any atom is 0.248 e. The lowest BCUT2D eigenvalue weighted by atomic mass is 9.85. The fraction of sp³-hybridized carbons (Fsp3) is 0.417. The van der Waals surface area contributed by atoms with Gasteiger partial charge in [0.1, 0.15) is 0 Å². The third kappa shape index (κ3) is 2.27. The van der Waals surface area contributed by atoms with Gasteiger partial charge in [-0.1, -0.05) is 6.42 Å². The highest BCUT2D eigenvalue weighted by Gasteiger charge is 2.17. The molecule has 0 saturated heterocycles. The van der Waals surface area contributed by atoms with Crippen molar-refractivity contribution in [2.45, 2.75) is 19.3 Å². The zero-order valence-corrected chi connectivity index (χ0v) is 9.20. The van der Waals surface area contributed by atoms with Gasteiger partial charge in [0.05, 0.1) is 11.4 Å². The van der Waals surface area contributed by atoms with Crippen LogP contribution in [0.5, 0.6) is 0 Å². The first kappa shape index (κ1) is 10.8. The number of carbonyl (C=O) groups excluding carboxylic acids is 1. The average molecular weight is 219 g/mol. The summed E-state index contributed by atoms with van der Waals surface area (Å²) in [6, 6.07) is 5.13. The minimum Gasteiger partial charge on any atom is -0.397 e. The third-order valence-corrected chi connectivity index (χ3v) is 3.14. The Balaban J connectivity index is 2.00. The van der Waals surface area contributed by atoms with E-state index < -0.39 is 5.91 Å². The average Bonchev–Trinajstić information content (AvgIpc) is 2.17. The summed E-state index contributed by atoms with van der Waals surface area (Å²) in [6.45, 7) is 0.958. The van der Waals surface area contributed by atoms with Gasteiger partial charge in [-0.25, -0.2) is 0 Å². The summed E-state index contributed by atoms with van der Waals surface area (Å²) >= 11 is 0. The second-order valence-corrected chi connectivity index (χ2v) is 4.34. The van der Waals surface area contributed by atoms with Gasteiger partial charge in [0, 0.05) is 12.1 Å². The number of nitrogens with one attached hydrogen (secondary N) is 1. The Kier molecular flexibility index (Phi) is 2.99. The highest BCUT2D eigenvalue weighted by Crippen LogP contribution is 2.27. The number of primary amides is 1. The van der Waals surface area contributed by atoms with Gasteiger partial charge in [-0.15, -0.1) is 0 Å². The zero-order valence-electron chi connectivity index (χ0n) is 9.20. The molecule has 1 aromatic rings. The van der Waals surface area contributed by atoms with Crippen LogP contribution >= 0.6 is 0 Å². The van der Waals surface area contributed by atoms with Gasteiger partial charge in [0.15, 0.2) is 0 Å². The van der Waals surface area contributed by atoms with Crippen molar-refractivity contribution in [2.75, 3.05) is 17.6 Å². The fourth-order valence-electron chi connectivity index (χ4n) is 1.83. The Bertz CT molecular complexity index is 399. The molecule has 1 fully saturated rings. The lowest BCUT2D eigenvalue weighted by Crippen LogP contribution is -2.21. The Labute approximate surface area is 95.0 Å². The molecular formula is C12H17N3O. The number of nitrogens with two attached hydrogens (primary N) is 2. The van der Waals surface area contributed by atoms with E-state index in [-0.39, 0.29) is 0 Å². The second kappa shape index (κ2) is 4.43. The second-order valence-electron chi connectivity index (χ2n) is 4.34. The highest BCUT2D eigenvalue weighted by atomic mass is 16.1. The first-order valence-corrected chi connectivity index (χ1v) is 5.60. The molecule has 2 rings (SSSR count). The van der Waals surface area contributed by atoms with Gasteiger partial charge in [-0.3, -0.25) is 4.79 Å². The summed E-state index contributed by atoms with van der Waals surface area (Å²) < 4.78 is 0. The van der Waals surface area contributed by atoms with Gasteiger partial charge in [0.25, 0.3) is 0 Å². The molecule has 0 radical (unpaired) electrons. The molecule has 1 saturated carbocycles. The molecule has 0 bridgehead atoms. The summed E-state index contributed by atoms with van der Waals surface area (Å²) in [6.07, 6.45) is 3.93. The number of hydrogen-bond acceptors (Lipinski definition) is 3. The molecule has 0 atom stereocenters. The topological polar surface area (TPSA) is 81.1 Å². The highest BCUT2D eigenvalue weighted by molar-refractivity contribution is 5.94. The molecule has 0 aliphatic heterocycles. The molecule has 1 aromatic carbocycles. The van der Waals surface area contributed by atoms with Crippen molar-refractivity contribution in [3.8, 4) is 0 Å². The van der Waals surface area contributed by atoms with Crippen molar-refractivity contribution >= 4 is 17.3 Å². The molecule has 0 unspecified atom stereocenters. The van der Waals surface area contributed by atoms with Gasteiger partial charge in [-0.2, -0.15) is 0 Å². The van der Waals surface area contributed by atoms with E-state index in [0.29, 0.717) is 11.3 Å². The zero-order chi connectivity index (χ0) is 11.5. The summed E-state index contributed by atoms with van der Waals surface area (Å²) in [7, 11) is 0. The van der Waals surface area contributed by atoms with Crippen molar-refractivity contribution in [1.82, 2.24) is 0 Å². The lowest BCUT2D eigenvalue weighted by Gasteiger charge is -2.26. The number of carbonyl (C=O) groups is 1. The van der Waals surface area contributed by atoms with Gasteiger partial charge < -0.3 is 16.8 Å². The number of benzene rings is 1. The lowest BCUT2D eigenvalue weighted by molar-refractivity contribution is 0.100. The molecule has 1 aliphatic carbocycles. The van der Waals surface area contributed by atoms with Crippen molar-refractivity contribution in [3.63, 3.8) is 0 Å². The van der Waals surface area contributed by atoms with E-state index in [0.717, 1.165) is 18.2 Å². The van der Waals surface area contributed by atoms with Crippen LogP contribution < -0.4 is 16.8 Å². The minimum atomic E-state index is -0.447. The predicted octanol–water partition coefficient (Wildman–Crippen LogP) is 1.58. The maximum atomic E-state index is 10.9. The Morgan fingerprint density at radius 1 is 1.44 bits per heavy atom. The molecule has 86 valence electrons. The minimum absolute atomic E-state index is 0.447. The number of amides is 1. The molecule has 1 amide bonds. The molecule has 4 nitrogen and oxygen atoms in total. The van der Waals surface area contributed by atoms with Crippen molar-refractivity contribution in [3.05, 3.63) is 23.8 Å². The van der Waals surface area contributed by atoms with E-state index in [1.54, 1.807) is 12.1 Å². The summed E-state index contributed by atoms with van der Waals surface area (Å²) in [4.78, 5) is 10.9. The van der Waals surface area contributed by atoms with Crippen LogP contribution in [0.15, 0.2) is 18.2 Å². The monoisotopic (exact) mass is 219 g/mol. The number of rotatable bonds is 4. The molecule has 0 heterocycles. The fourth-order valence-corrected chi connectivity index (χ4v) is 1.83. The van der Waals surface area contributed by atoms with Crippen LogP contribution in [0.1, 0.15) is 29.6 Å². The number of nitrogen functional groups attached to an aromatic ring is 1. The van der Waals surface area contributed by atoms with Crippen LogP contribution in [0.3, 0.4) is 0 Å². The Morgan fingerprint density at radius 2 is 2.19 bits per heavy atom. The molecule has 5 N–H and O–H groups in total. The molecule has 0 spiro atoms. The summed E-state index contributed by atoms with van der Waals surface area (Å²) in [5, 5.41) is 3.30. The van der Waals surface area contributed by atoms with E-state index in [9.17, 15) is 4.79 Å². The van der Waals surface area contributed by atoms with Crippen LogP contribution in [-0.4, -0.2) is 12.5 Å². The Hall–Kier alpha value is -1.71. The first-order valence-electron chi connectivity index (χ1n) is 5.60. The van der Waals surface area contributed by atoms with Crippen LogP contribution in [0.2, 0.25) is 0 Å². The smallest absolute Gasteiger partial charge is 0.248 e. The largest absolute Gasteiger partial charge is 0.397 e. The summed E-state index contributed by atoms with van der Waals surface area (Å²) in [5.41, 5.74) is 12.9. The molecule has 0 aromatic heterocycles. The molecular weight excluding hydrogens is 202 g/mol. The van der Waals surface area contributed by atoms with Gasteiger partial charge in [-0.05, 0) is 37.0 Å². The standard InChI is InChI=1S/C12H17N3O/c13-10-6-9(12(14)16)4-5-11(10)15-7-8-2-1-3-8/h4-6,8,15H,1-3,7,13H2,(H2,14,16). The number of hydrogen-bond donors (Lipinski definition) is 3. The van der Waals surface area contributed by atoms with Crippen LogP contribution in [0.25, 0.3) is 0 Å². The van der Waals surface area contributed by atoms with E-state index in [1.807, 2.05) is 6.07 Å². The normalized spacial score (nSPS) is 15.5. The third-order valence-electron chi connectivity index (χ3n) is 3.14. The Morgan fingerprint density at radius 3 is 2.69 bits per heavy atom. The van der Waals surface area contributed by atoms with E-state index in [4.69, 9.17) is 11.5 Å². The van der Waals surface area contributed by atoms with Crippen molar-refractivity contribution < 1.29 is 4.79 Å². The van der Waals surface area contributed by atoms with Crippen LogP contribution in [-0.2, 0) is 0 Å². The van der Waals surface area contributed by atoms with Gasteiger partial charge >= 0.3 is 0 Å². The molecule has 1 aliphatic rings. The van der Waals surface area contributed by atoms with E-state index in [1.165, 1.54) is 19.3 Å². The van der Waals surface area contributed by atoms with Crippen LogP contribution in [0, 0.1) is 5.92 Å². The predicted molar refractivity (Wildman–Crippen MR) is 65.2 cm³/mol. The van der Waals surface area contributed by atoms with E-state index >= 15 is 0 Å². The molecule has 16 heavy (non-hydrogen) atoms. The van der Waals surface area contributed by atoms with Crippen LogP contribution in [0.4, 0.5) is 11.4 Å². The quantitative estimate of drug-likeness (QED) is 0.672. The van der Waals surface area contributed by atoms with E-state index in [2.05, 4.69) is 5.32 Å². The maximum absolute atomic E-state index is 10.9. The van der Waals surface area contributed by atoms with Gasteiger partial charge in [0.2, 0.25) is 5.91 Å². The molecule has 4 heteroatoms. The first-order chi connectivity index (χ1) is 7.66. The number of anilines is 2.